The van der Waals surface area contributed by atoms with Crippen molar-refractivity contribution in [2.45, 2.75) is 33.1 Å². The lowest BCUT2D eigenvalue weighted by Gasteiger charge is -2.08. The predicted octanol–water partition coefficient (Wildman–Crippen LogP) is 2.95. The second kappa shape index (κ2) is 6.18. The van der Waals surface area contributed by atoms with Gasteiger partial charge in [-0.25, -0.2) is 0 Å². The van der Waals surface area contributed by atoms with Gasteiger partial charge in [0.15, 0.2) is 5.78 Å². The van der Waals surface area contributed by atoms with Crippen LogP contribution in [0.5, 0.6) is 5.75 Å². The van der Waals surface area contributed by atoms with Crippen molar-refractivity contribution in [1.29, 1.82) is 0 Å². The first-order valence-corrected chi connectivity index (χ1v) is 5.78. The van der Waals surface area contributed by atoms with Crippen LogP contribution in [0, 0.1) is 6.92 Å². The molecule has 3 heteroatoms. The van der Waals surface area contributed by atoms with Gasteiger partial charge in [0, 0.05) is 6.42 Å². The number of methoxy groups -OCH3 is 1. The third kappa shape index (κ3) is 3.70. The molecule has 0 fully saturated rings. The highest BCUT2D eigenvalue weighted by Gasteiger charge is 2.15. The largest absolute Gasteiger partial charge is 0.496 e. The first kappa shape index (κ1) is 13.4. The van der Waals surface area contributed by atoms with Gasteiger partial charge in [-0.1, -0.05) is 18.6 Å². The van der Waals surface area contributed by atoms with Gasteiger partial charge >= 0.3 is 0 Å². The fourth-order valence-electron chi connectivity index (χ4n) is 1.68. The van der Waals surface area contributed by atoms with Gasteiger partial charge in [0.25, 0.3) is 0 Å². The van der Waals surface area contributed by atoms with E-state index < -0.39 is 0 Å². The third-order valence-electron chi connectivity index (χ3n) is 2.54. The van der Waals surface area contributed by atoms with E-state index in [1.54, 1.807) is 12.1 Å². The zero-order chi connectivity index (χ0) is 12.8. The van der Waals surface area contributed by atoms with Crippen molar-refractivity contribution in [3.63, 3.8) is 0 Å². The molecule has 17 heavy (non-hydrogen) atoms. The number of rotatable bonds is 6. The molecule has 0 N–H and O–H groups in total. The van der Waals surface area contributed by atoms with E-state index in [1.807, 2.05) is 19.9 Å². The Morgan fingerprint density at radius 1 is 1.29 bits per heavy atom. The molecule has 1 aromatic rings. The van der Waals surface area contributed by atoms with E-state index in [4.69, 9.17) is 4.74 Å². The molecule has 0 heterocycles. The Balaban J connectivity index is 2.87. The molecular weight excluding hydrogens is 216 g/mol. The van der Waals surface area contributed by atoms with E-state index in [9.17, 15) is 9.59 Å². The lowest BCUT2D eigenvalue weighted by atomic mass is 10.0. The monoisotopic (exact) mass is 234 g/mol. The first-order valence-electron chi connectivity index (χ1n) is 5.78. The van der Waals surface area contributed by atoms with E-state index in [0.29, 0.717) is 17.7 Å². The Hall–Kier alpha value is -1.64. The second-order valence-electron chi connectivity index (χ2n) is 4.09. The molecule has 3 nitrogen and oxygen atoms in total. The number of ether oxygens (including phenoxy) is 1. The molecule has 0 atom stereocenters. The van der Waals surface area contributed by atoms with Crippen molar-refractivity contribution in [2.75, 3.05) is 7.11 Å². The number of carbonyl (C=O) groups excluding carboxylic acids is 2. The molecule has 0 aliphatic carbocycles. The van der Waals surface area contributed by atoms with E-state index in [0.717, 1.165) is 12.0 Å². The van der Waals surface area contributed by atoms with Crippen molar-refractivity contribution in [1.82, 2.24) is 0 Å². The molecule has 92 valence electrons. The SMILES string of the molecule is CCCC(=O)CC(=O)c1cc(C)ccc1OC. The highest BCUT2D eigenvalue weighted by Crippen LogP contribution is 2.21. The summed E-state index contributed by atoms with van der Waals surface area (Å²) >= 11 is 0. The Bertz CT molecular complexity index is 421. The molecule has 1 aromatic carbocycles. The minimum absolute atomic E-state index is 0.0129. The van der Waals surface area contributed by atoms with Crippen LogP contribution in [-0.4, -0.2) is 18.7 Å². The van der Waals surface area contributed by atoms with Crippen molar-refractivity contribution in [2.24, 2.45) is 0 Å². The highest BCUT2D eigenvalue weighted by atomic mass is 16.5. The van der Waals surface area contributed by atoms with Crippen molar-refractivity contribution < 1.29 is 14.3 Å². The van der Waals surface area contributed by atoms with Gasteiger partial charge < -0.3 is 4.74 Å². The summed E-state index contributed by atoms with van der Waals surface area (Å²) in [5.74, 6) is 0.356. The van der Waals surface area contributed by atoms with E-state index >= 15 is 0 Å². The zero-order valence-electron chi connectivity index (χ0n) is 10.6. The van der Waals surface area contributed by atoms with Crippen LogP contribution in [0.15, 0.2) is 18.2 Å². The number of Topliss-reactive ketones (excluding diaryl/α,β-unsaturated/α-hetero) is 2. The minimum atomic E-state index is -0.163. The Morgan fingerprint density at radius 2 is 2.00 bits per heavy atom. The average Bonchev–Trinajstić information content (AvgIpc) is 2.29. The average molecular weight is 234 g/mol. The first-order chi connectivity index (χ1) is 8.08. The van der Waals surface area contributed by atoms with Crippen LogP contribution >= 0.6 is 0 Å². The standard InChI is InChI=1S/C14H18O3/c1-4-5-11(15)9-13(16)12-8-10(2)6-7-14(12)17-3/h6-8H,4-5,9H2,1-3H3. The molecule has 0 aliphatic rings. The molecular formula is C14H18O3. The second-order valence-corrected chi connectivity index (χ2v) is 4.09. The molecule has 1 rings (SSSR count). The fraction of sp³-hybridized carbons (Fsp3) is 0.429. The number of benzene rings is 1. The smallest absolute Gasteiger partial charge is 0.173 e. The Morgan fingerprint density at radius 3 is 2.59 bits per heavy atom. The number of hydrogen-bond donors (Lipinski definition) is 0. The van der Waals surface area contributed by atoms with Crippen LogP contribution in [0.3, 0.4) is 0 Å². The maximum absolute atomic E-state index is 12.0. The van der Waals surface area contributed by atoms with E-state index in [1.165, 1.54) is 7.11 Å². The minimum Gasteiger partial charge on any atom is -0.496 e. The quantitative estimate of drug-likeness (QED) is 0.561. The molecule has 0 saturated carbocycles. The lowest BCUT2D eigenvalue weighted by molar-refractivity contribution is -0.118. The number of hydrogen-bond acceptors (Lipinski definition) is 3. The Labute approximate surface area is 102 Å². The van der Waals surface area contributed by atoms with Crippen molar-refractivity contribution >= 4 is 11.6 Å². The van der Waals surface area contributed by atoms with Gasteiger partial charge in [0.2, 0.25) is 0 Å². The van der Waals surface area contributed by atoms with Crippen LogP contribution in [0.4, 0.5) is 0 Å². The van der Waals surface area contributed by atoms with Gasteiger partial charge in [-0.15, -0.1) is 0 Å². The molecule has 0 saturated heterocycles. The highest BCUT2D eigenvalue weighted by molar-refractivity contribution is 6.09. The van der Waals surface area contributed by atoms with Crippen LogP contribution in [0.2, 0.25) is 0 Å². The summed E-state index contributed by atoms with van der Waals surface area (Å²) in [7, 11) is 1.52. The molecule has 0 amide bonds. The molecule has 0 radical (unpaired) electrons. The fourth-order valence-corrected chi connectivity index (χ4v) is 1.68. The summed E-state index contributed by atoms with van der Waals surface area (Å²) < 4.78 is 5.13. The summed E-state index contributed by atoms with van der Waals surface area (Å²) in [6.45, 7) is 3.83. The molecule has 0 unspecified atom stereocenters. The van der Waals surface area contributed by atoms with Crippen molar-refractivity contribution in [3.8, 4) is 5.75 Å². The summed E-state index contributed by atoms with van der Waals surface area (Å²) in [5.41, 5.74) is 1.48. The zero-order valence-corrected chi connectivity index (χ0v) is 10.6. The van der Waals surface area contributed by atoms with Gasteiger partial charge in [-0.2, -0.15) is 0 Å². The molecule has 0 aromatic heterocycles. The molecule has 0 aliphatic heterocycles. The van der Waals surface area contributed by atoms with Crippen molar-refractivity contribution in [3.05, 3.63) is 29.3 Å². The molecule has 0 bridgehead atoms. The van der Waals surface area contributed by atoms with E-state index in [-0.39, 0.29) is 18.0 Å². The normalized spacial score (nSPS) is 10.1. The number of aryl methyl sites for hydroxylation is 1. The summed E-state index contributed by atoms with van der Waals surface area (Å²) in [5, 5.41) is 0. The van der Waals surface area contributed by atoms with Gasteiger partial charge in [-0.05, 0) is 25.5 Å². The maximum atomic E-state index is 12.0. The third-order valence-corrected chi connectivity index (χ3v) is 2.54. The van der Waals surface area contributed by atoms with Gasteiger partial charge in [0.1, 0.15) is 11.5 Å². The van der Waals surface area contributed by atoms with Crippen LogP contribution in [-0.2, 0) is 4.79 Å². The van der Waals surface area contributed by atoms with Gasteiger partial charge in [0.05, 0.1) is 19.1 Å². The topological polar surface area (TPSA) is 43.4 Å². The lowest BCUT2D eigenvalue weighted by Crippen LogP contribution is -2.09. The Kier molecular flexibility index (Phi) is 4.88. The van der Waals surface area contributed by atoms with Crippen LogP contribution < -0.4 is 4.74 Å². The molecule has 0 spiro atoms. The summed E-state index contributed by atoms with van der Waals surface area (Å²) in [4.78, 5) is 23.4. The maximum Gasteiger partial charge on any atom is 0.173 e. The van der Waals surface area contributed by atoms with Crippen LogP contribution in [0.25, 0.3) is 0 Å². The van der Waals surface area contributed by atoms with E-state index in [2.05, 4.69) is 0 Å². The van der Waals surface area contributed by atoms with Crippen LogP contribution in [0.1, 0.15) is 42.1 Å². The van der Waals surface area contributed by atoms with Gasteiger partial charge in [-0.3, -0.25) is 9.59 Å². The number of carbonyl (C=O) groups is 2. The number of ketones is 2. The predicted molar refractivity (Wildman–Crippen MR) is 66.6 cm³/mol. The summed E-state index contributed by atoms with van der Waals surface area (Å²) in [6, 6.07) is 5.40. The summed E-state index contributed by atoms with van der Waals surface area (Å²) in [6.07, 6.45) is 1.20.